The zero-order valence-corrected chi connectivity index (χ0v) is 21.2. The lowest BCUT2D eigenvalue weighted by molar-refractivity contribution is -0.375. The summed E-state index contributed by atoms with van der Waals surface area (Å²) in [7, 11) is 1.97. The van der Waals surface area contributed by atoms with Crippen molar-refractivity contribution < 1.29 is 24.2 Å². The molecule has 3 heterocycles. The van der Waals surface area contributed by atoms with Gasteiger partial charge in [0, 0.05) is 37.6 Å². The second kappa shape index (κ2) is 10.5. The van der Waals surface area contributed by atoms with Crippen molar-refractivity contribution in [3.63, 3.8) is 0 Å². The van der Waals surface area contributed by atoms with Crippen LogP contribution >= 0.6 is 0 Å². The number of likely N-dealkylation sites (tertiary alicyclic amines) is 1. The fourth-order valence-corrected chi connectivity index (χ4v) is 6.68. The summed E-state index contributed by atoms with van der Waals surface area (Å²) in [5, 5.41) is 9.10. The van der Waals surface area contributed by atoms with Crippen molar-refractivity contribution in [2.45, 2.75) is 96.6 Å². The molecule has 4 fully saturated rings. The third-order valence-corrected chi connectivity index (χ3v) is 8.79. The molecule has 1 saturated carbocycles. The van der Waals surface area contributed by atoms with Gasteiger partial charge in [-0.15, -0.1) is 0 Å². The molecule has 3 saturated heterocycles. The van der Waals surface area contributed by atoms with Crippen molar-refractivity contribution in [2.24, 2.45) is 29.6 Å². The van der Waals surface area contributed by atoms with Gasteiger partial charge in [-0.25, -0.2) is 14.6 Å². The van der Waals surface area contributed by atoms with Crippen LogP contribution in [0.1, 0.15) is 66.2 Å². The Balaban J connectivity index is 1.34. The first-order valence-corrected chi connectivity index (χ1v) is 13.1. The Kier molecular flexibility index (Phi) is 7.84. The Morgan fingerprint density at radius 2 is 1.79 bits per heavy atom. The summed E-state index contributed by atoms with van der Waals surface area (Å²) in [6.07, 6.45) is 4.42. The molecular weight excluding hydrogens is 436 g/mol. The Morgan fingerprint density at radius 3 is 2.56 bits per heavy atom. The Bertz CT molecular complexity index is 778. The lowest BCUT2D eigenvalue weighted by Crippen LogP contribution is -2.60. The Labute approximate surface area is 203 Å². The standard InChI is InChI=1S/C25H42N4O5/c1-13-6-7-18(27-25(32)28-23(30)20-9-15(3)33-34-16(20)4)11-19(13)21-10-17-12-26-14(2)8-22(17)29(5)24(21)31/h13-22,26H,6-12H2,1-5H3,(H2,27,28,30,32). The van der Waals surface area contributed by atoms with Gasteiger partial charge in [0.15, 0.2) is 0 Å². The topological polar surface area (TPSA) is 109 Å². The molecule has 9 heteroatoms. The molecule has 0 aromatic rings. The lowest BCUT2D eigenvalue weighted by atomic mass is 9.65. The zero-order valence-electron chi connectivity index (χ0n) is 21.2. The minimum atomic E-state index is -0.465. The van der Waals surface area contributed by atoms with Gasteiger partial charge in [-0.05, 0) is 77.0 Å². The average Bonchev–Trinajstić information content (AvgIpc) is 2.79. The maximum Gasteiger partial charge on any atom is 0.321 e. The molecule has 34 heavy (non-hydrogen) atoms. The number of imide groups is 1. The summed E-state index contributed by atoms with van der Waals surface area (Å²) in [5.41, 5.74) is 0. The van der Waals surface area contributed by atoms with Crippen molar-refractivity contribution >= 4 is 17.8 Å². The number of hydrogen-bond acceptors (Lipinski definition) is 6. The quantitative estimate of drug-likeness (QED) is 0.537. The van der Waals surface area contributed by atoms with Gasteiger partial charge in [-0.3, -0.25) is 14.9 Å². The summed E-state index contributed by atoms with van der Waals surface area (Å²) in [4.78, 5) is 51.0. The normalized spacial score (nSPS) is 43.1. The van der Waals surface area contributed by atoms with E-state index in [0.717, 1.165) is 38.6 Å². The Hall–Kier alpha value is -1.71. The Morgan fingerprint density at radius 1 is 1.03 bits per heavy atom. The SMILES string of the molecule is CC1CC2C(CN1)CC(C1CC(NC(=O)NC(=O)C3CC(C)OOC3C)CCC1C)C(=O)N2C. The van der Waals surface area contributed by atoms with E-state index in [2.05, 4.69) is 29.8 Å². The lowest BCUT2D eigenvalue weighted by Gasteiger charge is -2.50. The van der Waals surface area contributed by atoms with Crippen molar-refractivity contribution in [3.8, 4) is 0 Å². The van der Waals surface area contributed by atoms with E-state index in [1.807, 2.05) is 18.9 Å². The van der Waals surface area contributed by atoms with E-state index in [1.165, 1.54) is 0 Å². The number of urea groups is 1. The van der Waals surface area contributed by atoms with Crippen LogP contribution in [-0.2, 0) is 19.4 Å². The fraction of sp³-hybridized carbons (Fsp3) is 0.880. The van der Waals surface area contributed by atoms with Crippen LogP contribution in [0.4, 0.5) is 4.79 Å². The van der Waals surface area contributed by atoms with Crippen LogP contribution < -0.4 is 16.0 Å². The van der Waals surface area contributed by atoms with Gasteiger partial charge >= 0.3 is 6.03 Å². The monoisotopic (exact) mass is 478 g/mol. The first-order chi connectivity index (χ1) is 16.1. The molecule has 0 aromatic carbocycles. The number of amides is 4. The molecule has 1 aliphatic carbocycles. The van der Waals surface area contributed by atoms with Gasteiger partial charge in [0.1, 0.15) is 6.10 Å². The van der Waals surface area contributed by atoms with E-state index in [1.54, 1.807) is 6.92 Å². The van der Waals surface area contributed by atoms with Crippen molar-refractivity contribution in [1.29, 1.82) is 0 Å². The largest absolute Gasteiger partial charge is 0.342 e. The highest BCUT2D eigenvalue weighted by atomic mass is 17.2. The number of piperidine rings is 2. The molecule has 0 spiro atoms. The molecule has 192 valence electrons. The van der Waals surface area contributed by atoms with Crippen molar-refractivity contribution in [1.82, 2.24) is 20.9 Å². The minimum Gasteiger partial charge on any atom is -0.342 e. The van der Waals surface area contributed by atoms with E-state index in [4.69, 9.17) is 9.78 Å². The predicted octanol–water partition coefficient (Wildman–Crippen LogP) is 2.21. The van der Waals surface area contributed by atoms with E-state index >= 15 is 0 Å². The second-order valence-corrected chi connectivity index (χ2v) is 11.3. The molecule has 3 N–H and O–H groups in total. The first-order valence-electron chi connectivity index (χ1n) is 13.1. The van der Waals surface area contributed by atoms with Crippen LogP contribution in [0.3, 0.4) is 0 Å². The molecule has 4 aliphatic rings. The molecular formula is C25H42N4O5. The highest BCUT2D eigenvalue weighted by Crippen LogP contribution is 2.43. The average molecular weight is 479 g/mol. The van der Waals surface area contributed by atoms with Crippen LogP contribution in [-0.4, -0.2) is 66.7 Å². The van der Waals surface area contributed by atoms with Gasteiger partial charge in [-0.1, -0.05) is 6.92 Å². The summed E-state index contributed by atoms with van der Waals surface area (Å²) in [6.45, 7) is 8.99. The van der Waals surface area contributed by atoms with Gasteiger partial charge in [0.25, 0.3) is 0 Å². The van der Waals surface area contributed by atoms with E-state index in [0.29, 0.717) is 30.3 Å². The molecule has 9 nitrogen and oxygen atoms in total. The summed E-state index contributed by atoms with van der Waals surface area (Å²) in [5.74, 6) is 0.631. The number of rotatable bonds is 3. The maximum atomic E-state index is 13.4. The van der Waals surface area contributed by atoms with Crippen molar-refractivity contribution in [3.05, 3.63) is 0 Å². The second-order valence-electron chi connectivity index (χ2n) is 11.3. The number of hydrogen-bond donors (Lipinski definition) is 3. The molecule has 4 rings (SSSR count). The van der Waals surface area contributed by atoms with Gasteiger partial charge in [-0.2, -0.15) is 0 Å². The van der Waals surface area contributed by atoms with Crippen molar-refractivity contribution in [2.75, 3.05) is 13.6 Å². The van der Waals surface area contributed by atoms with Crippen LogP contribution in [0, 0.1) is 29.6 Å². The maximum absolute atomic E-state index is 13.4. The molecule has 0 radical (unpaired) electrons. The summed E-state index contributed by atoms with van der Waals surface area (Å²) in [6, 6.07) is 0.253. The highest BCUT2D eigenvalue weighted by molar-refractivity contribution is 5.95. The van der Waals surface area contributed by atoms with Crippen LogP contribution in [0.25, 0.3) is 0 Å². The predicted molar refractivity (Wildman–Crippen MR) is 126 cm³/mol. The number of nitrogens with one attached hydrogen (secondary N) is 3. The minimum absolute atomic E-state index is 0.00697. The van der Waals surface area contributed by atoms with Crippen LogP contribution in [0.5, 0.6) is 0 Å². The summed E-state index contributed by atoms with van der Waals surface area (Å²) >= 11 is 0. The van der Waals surface area contributed by atoms with Crippen LogP contribution in [0.2, 0.25) is 0 Å². The summed E-state index contributed by atoms with van der Waals surface area (Å²) < 4.78 is 0. The molecule has 10 unspecified atom stereocenters. The van der Waals surface area contributed by atoms with Crippen LogP contribution in [0.15, 0.2) is 0 Å². The van der Waals surface area contributed by atoms with Gasteiger partial charge < -0.3 is 15.5 Å². The van der Waals surface area contributed by atoms with Gasteiger partial charge in [0.2, 0.25) is 11.8 Å². The molecule has 3 aliphatic heterocycles. The third-order valence-electron chi connectivity index (χ3n) is 8.79. The van der Waals surface area contributed by atoms with E-state index in [9.17, 15) is 14.4 Å². The van der Waals surface area contributed by atoms with E-state index in [-0.39, 0.29) is 35.8 Å². The molecule has 0 aromatic heterocycles. The molecule has 10 atom stereocenters. The zero-order chi connectivity index (χ0) is 24.6. The number of nitrogens with zero attached hydrogens (tertiary/aromatic N) is 1. The molecule has 4 amide bonds. The number of carbonyl (C=O) groups excluding carboxylic acids is 3. The highest BCUT2D eigenvalue weighted by Gasteiger charge is 2.47. The number of carbonyl (C=O) groups is 3. The smallest absolute Gasteiger partial charge is 0.321 e. The third kappa shape index (κ3) is 5.41. The number of fused-ring (bicyclic) bond motifs is 1. The molecule has 0 bridgehead atoms. The fourth-order valence-electron chi connectivity index (χ4n) is 6.68. The first kappa shape index (κ1) is 25.4. The van der Waals surface area contributed by atoms with E-state index < -0.39 is 18.1 Å². The van der Waals surface area contributed by atoms with Gasteiger partial charge in [0.05, 0.1) is 12.0 Å².